The predicted molar refractivity (Wildman–Crippen MR) is 109 cm³/mol. The Balaban J connectivity index is 1.73. The molecule has 2 aromatic rings. The van der Waals surface area contributed by atoms with E-state index < -0.39 is 17.0 Å². The van der Waals surface area contributed by atoms with Crippen molar-refractivity contribution in [1.82, 2.24) is 0 Å². The van der Waals surface area contributed by atoms with Crippen LogP contribution in [0.5, 0.6) is 0 Å². The third-order valence-corrected chi connectivity index (χ3v) is 5.09. The molecule has 0 saturated heterocycles. The number of rotatable bonds is 4. The standard InChI is InChI=1S/C21H19Cl2NO4/c1-20(27)6-8-21(28,9-7-20)18(25)13-2-4-17(5-3-13)24-19(26)14-10-15(22)12-16(23)11-14/h2-6,8,10-12,27-28H,7,9H2,1H3,(H,24,26). The summed E-state index contributed by atoms with van der Waals surface area (Å²) in [6.45, 7) is 1.62. The first-order valence-electron chi connectivity index (χ1n) is 8.65. The Bertz CT molecular complexity index is 933. The van der Waals surface area contributed by atoms with Gasteiger partial charge in [-0.05, 0) is 68.3 Å². The number of aliphatic hydroxyl groups is 2. The third kappa shape index (κ3) is 4.62. The van der Waals surface area contributed by atoms with Gasteiger partial charge in [-0.1, -0.05) is 29.3 Å². The van der Waals surface area contributed by atoms with Crippen molar-refractivity contribution in [3.05, 3.63) is 75.8 Å². The van der Waals surface area contributed by atoms with Gasteiger partial charge in [-0.2, -0.15) is 0 Å². The van der Waals surface area contributed by atoms with Crippen molar-refractivity contribution in [2.24, 2.45) is 0 Å². The fourth-order valence-corrected chi connectivity index (χ4v) is 3.49. The summed E-state index contributed by atoms with van der Waals surface area (Å²) in [7, 11) is 0. The van der Waals surface area contributed by atoms with Gasteiger partial charge in [-0.25, -0.2) is 0 Å². The van der Waals surface area contributed by atoms with Gasteiger partial charge in [0.1, 0.15) is 5.60 Å². The minimum atomic E-state index is -1.65. The molecule has 3 N–H and O–H groups in total. The molecule has 1 aliphatic carbocycles. The van der Waals surface area contributed by atoms with Gasteiger partial charge in [0.2, 0.25) is 0 Å². The van der Waals surface area contributed by atoms with Gasteiger partial charge in [0.15, 0.2) is 5.78 Å². The molecule has 146 valence electrons. The molecule has 7 heteroatoms. The van der Waals surface area contributed by atoms with E-state index in [2.05, 4.69) is 5.32 Å². The molecule has 0 fully saturated rings. The van der Waals surface area contributed by atoms with E-state index >= 15 is 0 Å². The number of hydrogen-bond acceptors (Lipinski definition) is 4. The number of carbonyl (C=O) groups is 2. The van der Waals surface area contributed by atoms with E-state index in [9.17, 15) is 19.8 Å². The van der Waals surface area contributed by atoms with Crippen molar-refractivity contribution >= 4 is 40.6 Å². The maximum Gasteiger partial charge on any atom is 0.255 e. The lowest BCUT2D eigenvalue weighted by atomic mass is 9.79. The van der Waals surface area contributed by atoms with Crippen LogP contribution < -0.4 is 5.32 Å². The number of benzene rings is 2. The van der Waals surface area contributed by atoms with Gasteiger partial charge in [-0.15, -0.1) is 0 Å². The Hall–Kier alpha value is -2.18. The summed E-state index contributed by atoms with van der Waals surface area (Å²) in [5.41, 5.74) is -1.58. The number of halogens is 2. The van der Waals surface area contributed by atoms with Crippen molar-refractivity contribution in [3.8, 4) is 0 Å². The maximum absolute atomic E-state index is 12.7. The first-order chi connectivity index (χ1) is 13.1. The van der Waals surface area contributed by atoms with Gasteiger partial charge < -0.3 is 15.5 Å². The lowest BCUT2D eigenvalue weighted by molar-refractivity contribution is 0.0210. The molecule has 0 heterocycles. The van der Waals surface area contributed by atoms with Gasteiger partial charge in [0.05, 0.1) is 5.60 Å². The highest BCUT2D eigenvalue weighted by Gasteiger charge is 2.39. The summed E-state index contributed by atoms with van der Waals surface area (Å²) < 4.78 is 0. The van der Waals surface area contributed by atoms with E-state index in [1.54, 1.807) is 19.1 Å². The second-order valence-corrected chi connectivity index (χ2v) is 8.01. The summed E-state index contributed by atoms with van der Waals surface area (Å²) in [6, 6.07) is 10.7. The number of Topliss-reactive ketones (excluding diaryl/α,β-unsaturated/α-hetero) is 1. The summed E-state index contributed by atoms with van der Waals surface area (Å²) >= 11 is 11.8. The van der Waals surface area contributed by atoms with E-state index in [4.69, 9.17) is 23.2 Å². The molecular weight excluding hydrogens is 401 g/mol. The second-order valence-electron chi connectivity index (χ2n) is 7.13. The molecule has 1 amide bonds. The number of carbonyl (C=O) groups excluding carboxylic acids is 2. The predicted octanol–water partition coefficient (Wildman–Crippen LogP) is 4.26. The van der Waals surface area contributed by atoms with Crippen LogP contribution in [0.4, 0.5) is 5.69 Å². The monoisotopic (exact) mass is 419 g/mol. The molecule has 28 heavy (non-hydrogen) atoms. The van der Waals surface area contributed by atoms with Crippen molar-refractivity contribution in [2.75, 3.05) is 5.32 Å². The van der Waals surface area contributed by atoms with Gasteiger partial charge >= 0.3 is 0 Å². The molecule has 0 bridgehead atoms. The lowest BCUT2D eigenvalue weighted by Crippen LogP contribution is -2.42. The van der Waals surface area contributed by atoms with Crippen LogP contribution in [-0.2, 0) is 0 Å². The average Bonchev–Trinajstić information content (AvgIpc) is 2.64. The minimum Gasteiger partial charge on any atom is -0.386 e. The smallest absolute Gasteiger partial charge is 0.255 e. The van der Waals surface area contributed by atoms with Crippen molar-refractivity contribution in [1.29, 1.82) is 0 Å². The zero-order chi connectivity index (χ0) is 20.5. The zero-order valence-electron chi connectivity index (χ0n) is 15.1. The van der Waals surface area contributed by atoms with Crippen LogP contribution in [0.1, 0.15) is 40.5 Å². The molecule has 0 saturated carbocycles. The Labute approximate surface area is 172 Å². The van der Waals surface area contributed by atoms with Crippen LogP contribution in [0.2, 0.25) is 10.0 Å². The topological polar surface area (TPSA) is 86.6 Å². The molecule has 0 aliphatic heterocycles. The molecule has 0 aromatic heterocycles. The highest BCUT2D eigenvalue weighted by atomic mass is 35.5. The van der Waals surface area contributed by atoms with E-state index in [1.807, 2.05) is 0 Å². The normalized spacial score (nSPS) is 24.0. The van der Waals surface area contributed by atoms with E-state index in [1.165, 1.54) is 42.5 Å². The molecule has 3 rings (SSSR count). The highest BCUT2D eigenvalue weighted by molar-refractivity contribution is 6.35. The fourth-order valence-electron chi connectivity index (χ4n) is 2.96. The largest absolute Gasteiger partial charge is 0.386 e. The fraction of sp³-hybridized carbons (Fsp3) is 0.238. The van der Waals surface area contributed by atoms with Crippen molar-refractivity contribution < 1.29 is 19.8 Å². The third-order valence-electron chi connectivity index (χ3n) is 4.65. The van der Waals surface area contributed by atoms with Crippen molar-refractivity contribution in [2.45, 2.75) is 31.0 Å². The van der Waals surface area contributed by atoms with Crippen LogP contribution in [0, 0.1) is 0 Å². The molecular formula is C21H19Cl2NO4. The number of hydrogen-bond donors (Lipinski definition) is 3. The van der Waals surface area contributed by atoms with Gasteiger partial charge in [0.25, 0.3) is 5.91 Å². The summed E-state index contributed by atoms with van der Waals surface area (Å²) in [5, 5.41) is 23.9. The van der Waals surface area contributed by atoms with Crippen LogP contribution in [0.15, 0.2) is 54.6 Å². The molecule has 2 unspecified atom stereocenters. The van der Waals surface area contributed by atoms with Crippen LogP contribution in [0.25, 0.3) is 0 Å². The Kier molecular flexibility index (Phi) is 5.64. The molecule has 5 nitrogen and oxygen atoms in total. The second kappa shape index (κ2) is 7.68. The van der Waals surface area contributed by atoms with Gasteiger partial charge in [0, 0.05) is 26.9 Å². The summed E-state index contributed by atoms with van der Waals surface area (Å²) in [4.78, 5) is 25.0. The molecule has 0 spiro atoms. The maximum atomic E-state index is 12.7. The van der Waals surface area contributed by atoms with Crippen molar-refractivity contribution in [3.63, 3.8) is 0 Å². The first-order valence-corrected chi connectivity index (χ1v) is 9.41. The molecule has 2 atom stereocenters. The molecule has 1 aliphatic rings. The quantitative estimate of drug-likeness (QED) is 0.510. The van der Waals surface area contributed by atoms with E-state index in [-0.39, 0.29) is 18.7 Å². The van der Waals surface area contributed by atoms with Crippen LogP contribution in [-0.4, -0.2) is 33.1 Å². The van der Waals surface area contributed by atoms with Crippen LogP contribution >= 0.6 is 23.2 Å². The SMILES string of the molecule is CC1(O)C=CC(O)(C(=O)c2ccc(NC(=O)c3cc(Cl)cc(Cl)c3)cc2)CC1. The Morgan fingerprint density at radius 3 is 2.07 bits per heavy atom. The Morgan fingerprint density at radius 2 is 1.54 bits per heavy atom. The minimum absolute atomic E-state index is 0.128. The van der Waals surface area contributed by atoms with E-state index in [0.717, 1.165) is 0 Å². The molecule has 2 aromatic carbocycles. The summed E-state index contributed by atoms with van der Waals surface area (Å²) in [6.07, 6.45) is 3.20. The summed E-state index contributed by atoms with van der Waals surface area (Å²) in [5.74, 6) is -0.849. The van der Waals surface area contributed by atoms with Crippen LogP contribution in [0.3, 0.4) is 0 Å². The average molecular weight is 420 g/mol. The van der Waals surface area contributed by atoms with E-state index in [0.29, 0.717) is 26.9 Å². The first kappa shape index (κ1) is 20.6. The number of ketones is 1. The Morgan fingerprint density at radius 1 is 0.929 bits per heavy atom. The number of amides is 1. The van der Waals surface area contributed by atoms with Gasteiger partial charge in [-0.3, -0.25) is 9.59 Å². The number of nitrogens with one attached hydrogen (secondary N) is 1. The lowest BCUT2D eigenvalue weighted by Gasteiger charge is -2.32. The highest BCUT2D eigenvalue weighted by Crippen LogP contribution is 2.31. The number of anilines is 1. The zero-order valence-corrected chi connectivity index (χ0v) is 16.6. The molecule has 0 radical (unpaired) electrons.